The average Bonchev–Trinajstić information content (AvgIpc) is 2.73. The highest BCUT2D eigenvalue weighted by molar-refractivity contribution is 5.88. The standard InChI is InChI=1S/C19H19N7O4/c20-9-10-21-17-24-18(22-13-5-1-11(2-6-13)15(27)28)26-19(25-17)23-14-7-3-12(4-8-14)16(29)30/h1-8H,9-10,20H2,(H,27,28)(H,29,30)(H3,21,22,23,24,25,26). The third-order valence-corrected chi connectivity index (χ3v) is 3.84. The van der Waals surface area contributed by atoms with E-state index in [4.69, 9.17) is 15.9 Å². The van der Waals surface area contributed by atoms with Crippen molar-refractivity contribution in [2.75, 3.05) is 29.0 Å². The minimum absolute atomic E-state index is 0.161. The van der Waals surface area contributed by atoms with E-state index in [0.717, 1.165) is 0 Å². The summed E-state index contributed by atoms with van der Waals surface area (Å²) in [4.78, 5) is 34.8. The Morgan fingerprint density at radius 1 is 0.733 bits per heavy atom. The van der Waals surface area contributed by atoms with Gasteiger partial charge in [-0.2, -0.15) is 15.0 Å². The summed E-state index contributed by atoms with van der Waals surface area (Å²) in [5.41, 5.74) is 7.02. The van der Waals surface area contributed by atoms with E-state index in [2.05, 4.69) is 30.9 Å². The van der Waals surface area contributed by atoms with Gasteiger partial charge < -0.3 is 31.9 Å². The van der Waals surface area contributed by atoms with Gasteiger partial charge in [-0.05, 0) is 48.5 Å². The highest BCUT2D eigenvalue weighted by atomic mass is 16.4. The maximum absolute atomic E-state index is 11.0. The van der Waals surface area contributed by atoms with Crippen molar-refractivity contribution in [1.82, 2.24) is 15.0 Å². The van der Waals surface area contributed by atoms with E-state index in [0.29, 0.717) is 24.5 Å². The first-order valence-electron chi connectivity index (χ1n) is 8.85. The third-order valence-electron chi connectivity index (χ3n) is 3.84. The van der Waals surface area contributed by atoms with E-state index >= 15 is 0 Å². The fraction of sp³-hybridized carbons (Fsp3) is 0.105. The normalized spacial score (nSPS) is 10.3. The van der Waals surface area contributed by atoms with Gasteiger partial charge in [0.25, 0.3) is 0 Å². The van der Waals surface area contributed by atoms with Crippen molar-refractivity contribution in [3.63, 3.8) is 0 Å². The first-order chi connectivity index (χ1) is 14.4. The van der Waals surface area contributed by atoms with Crippen LogP contribution in [0.1, 0.15) is 20.7 Å². The highest BCUT2D eigenvalue weighted by Crippen LogP contribution is 2.19. The Labute approximate surface area is 171 Å². The molecular weight excluding hydrogens is 390 g/mol. The molecule has 0 saturated heterocycles. The minimum Gasteiger partial charge on any atom is -0.478 e. The first kappa shape index (κ1) is 20.5. The second-order valence-corrected chi connectivity index (χ2v) is 6.04. The van der Waals surface area contributed by atoms with Crippen molar-refractivity contribution in [3.8, 4) is 0 Å². The maximum Gasteiger partial charge on any atom is 0.335 e. The Kier molecular flexibility index (Phi) is 6.35. The van der Waals surface area contributed by atoms with E-state index in [-0.39, 0.29) is 29.0 Å². The van der Waals surface area contributed by atoms with Crippen molar-refractivity contribution in [2.24, 2.45) is 5.73 Å². The highest BCUT2D eigenvalue weighted by Gasteiger charge is 2.09. The SMILES string of the molecule is NCCNc1nc(Nc2ccc(C(=O)O)cc2)nc(Nc2ccc(C(=O)O)cc2)n1. The molecule has 1 heterocycles. The zero-order valence-corrected chi connectivity index (χ0v) is 15.7. The van der Waals surface area contributed by atoms with Gasteiger partial charge in [0.15, 0.2) is 0 Å². The molecular formula is C19H19N7O4. The molecule has 7 N–H and O–H groups in total. The number of carboxylic acids is 2. The molecule has 3 rings (SSSR count). The van der Waals surface area contributed by atoms with E-state index < -0.39 is 11.9 Å². The summed E-state index contributed by atoms with van der Waals surface area (Å²) in [6, 6.07) is 12.2. The average molecular weight is 409 g/mol. The lowest BCUT2D eigenvalue weighted by molar-refractivity contribution is 0.0686. The number of nitrogens with zero attached hydrogens (tertiary/aromatic N) is 3. The molecule has 2 aromatic carbocycles. The lowest BCUT2D eigenvalue weighted by Gasteiger charge is -2.11. The number of carboxylic acid groups (broad SMARTS) is 2. The van der Waals surface area contributed by atoms with Crippen LogP contribution in [0.3, 0.4) is 0 Å². The van der Waals surface area contributed by atoms with Crippen LogP contribution >= 0.6 is 0 Å². The molecule has 11 nitrogen and oxygen atoms in total. The van der Waals surface area contributed by atoms with Gasteiger partial charge in [-0.1, -0.05) is 0 Å². The van der Waals surface area contributed by atoms with Crippen LogP contribution in [0.25, 0.3) is 0 Å². The molecule has 0 spiro atoms. The predicted molar refractivity (Wildman–Crippen MR) is 111 cm³/mol. The van der Waals surface area contributed by atoms with E-state index in [1.807, 2.05) is 0 Å². The smallest absolute Gasteiger partial charge is 0.335 e. The molecule has 1 aromatic heterocycles. The van der Waals surface area contributed by atoms with E-state index in [9.17, 15) is 9.59 Å². The number of rotatable bonds is 9. The number of nitrogens with two attached hydrogens (primary N) is 1. The second kappa shape index (κ2) is 9.30. The Bertz CT molecular complexity index is 962. The molecule has 11 heteroatoms. The number of aromatic carboxylic acids is 2. The maximum atomic E-state index is 11.0. The molecule has 3 aromatic rings. The van der Waals surface area contributed by atoms with Gasteiger partial charge in [0.1, 0.15) is 0 Å². The number of benzene rings is 2. The van der Waals surface area contributed by atoms with Crippen LogP contribution in [0, 0.1) is 0 Å². The molecule has 0 aliphatic rings. The van der Waals surface area contributed by atoms with Crippen LogP contribution in [0.5, 0.6) is 0 Å². The summed E-state index contributed by atoms with van der Waals surface area (Å²) in [6.07, 6.45) is 0. The van der Waals surface area contributed by atoms with Crippen molar-refractivity contribution in [1.29, 1.82) is 0 Å². The Hall–Kier alpha value is -4.25. The molecule has 0 bridgehead atoms. The van der Waals surface area contributed by atoms with Crippen LogP contribution < -0.4 is 21.7 Å². The number of anilines is 5. The molecule has 0 aliphatic heterocycles. The topological polar surface area (TPSA) is 175 Å². The lowest BCUT2D eigenvalue weighted by Crippen LogP contribution is -2.16. The summed E-state index contributed by atoms with van der Waals surface area (Å²) in [5, 5.41) is 26.9. The molecule has 0 atom stereocenters. The predicted octanol–water partition coefficient (Wildman–Crippen LogP) is 2.13. The summed E-state index contributed by atoms with van der Waals surface area (Å²) < 4.78 is 0. The van der Waals surface area contributed by atoms with Crippen LogP contribution in [0.15, 0.2) is 48.5 Å². The van der Waals surface area contributed by atoms with Crippen LogP contribution in [-0.4, -0.2) is 50.2 Å². The number of aromatic nitrogens is 3. The molecule has 0 fully saturated rings. The summed E-state index contributed by atoms with van der Waals surface area (Å²) in [6.45, 7) is 0.827. The monoisotopic (exact) mass is 409 g/mol. The summed E-state index contributed by atoms with van der Waals surface area (Å²) >= 11 is 0. The van der Waals surface area contributed by atoms with Gasteiger partial charge in [-0.25, -0.2) is 9.59 Å². The quantitative estimate of drug-likeness (QED) is 0.305. The van der Waals surface area contributed by atoms with Gasteiger partial charge in [-0.15, -0.1) is 0 Å². The Morgan fingerprint density at radius 2 is 1.13 bits per heavy atom. The van der Waals surface area contributed by atoms with Gasteiger partial charge in [0.2, 0.25) is 17.8 Å². The second-order valence-electron chi connectivity index (χ2n) is 6.04. The van der Waals surface area contributed by atoms with E-state index in [1.54, 1.807) is 24.3 Å². The lowest BCUT2D eigenvalue weighted by atomic mass is 10.2. The first-order valence-corrected chi connectivity index (χ1v) is 8.85. The van der Waals surface area contributed by atoms with Crippen molar-refractivity contribution in [3.05, 3.63) is 59.7 Å². The zero-order valence-electron chi connectivity index (χ0n) is 15.7. The number of nitrogens with one attached hydrogen (secondary N) is 3. The largest absolute Gasteiger partial charge is 0.478 e. The number of hydrogen-bond acceptors (Lipinski definition) is 9. The Morgan fingerprint density at radius 3 is 1.50 bits per heavy atom. The van der Waals surface area contributed by atoms with E-state index in [1.165, 1.54) is 24.3 Å². The molecule has 30 heavy (non-hydrogen) atoms. The fourth-order valence-electron chi connectivity index (χ4n) is 2.40. The van der Waals surface area contributed by atoms with Gasteiger partial charge >= 0.3 is 11.9 Å². The molecule has 0 unspecified atom stereocenters. The molecule has 0 saturated carbocycles. The van der Waals surface area contributed by atoms with Gasteiger partial charge in [-0.3, -0.25) is 0 Å². The third kappa shape index (κ3) is 5.39. The zero-order chi connectivity index (χ0) is 21.5. The summed E-state index contributed by atoms with van der Waals surface area (Å²) in [7, 11) is 0. The fourth-order valence-corrected chi connectivity index (χ4v) is 2.40. The van der Waals surface area contributed by atoms with Crippen LogP contribution in [0.2, 0.25) is 0 Å². The van der Waals surface area contributed by atoms with Gasteiger partial charge in [0, 0.05) is 24.5 Å². The van der Waals surface area contributed by atoms with Crippen LogP contribution in [-0.2, 0) is 0 Å². The molecule has 154 valence electrons. The number of carbonyl (C=O) groups is 2. The Balaban J connectivity index is 1.83. The van der Waals surface area contributed by atoms with Crippen molar-refractivity contribution in [2.45, 2.75) is 0 Å². The van der Waals surface area contributed by atoms with Gasteiger partial charge in [0.05, 0.1) is 11.1 Å². The van der Waals surface area contributed by atoms with Crippen molar-refractivity contribution < 1.29 is 19.8 Å². The van der Waals surface area contributed by atoms with Crippen LogP contribution in [0.4, 0.5) is 29.2 Å². The molecule has 0 radical (unpaired) electrons. The number of hydrogen-bond donors (Lipinski definition) is 6. The summed E-state index contributed by atoms with van der Waals surface area (Å²) in [5.74, 6) is -1.31. The molecule has 0 amide bonds. The van der Waals surface area contributed by atoms with Crippen molar-refractivity contribution >= 4 is 41.2 Å². The molecule has 0 aliphatic carbocycles. The minimum atomic E-state index is -1.02.